The highest BCUT2D eigenvalue weighted by Crippen LogP contribution is 2.37. The Balaban J connectivity index is 1.41. The van der Waals surface area contributed by atoms with Gasteiger partial charge in [0, 0.05) is 42.4 Å². The predicted molar refractivity (Wildman–Crippen MR) is 204 cm³/mol. The molecule has 0 aliphatic carbocycles. The Morgan fingerprint density at radius 3 is 2.21 bits per heavy atom. The molecule has 2 fully saturated rings. The van der Waals surface area contributed by atoms with Crippen LogP contribution >= 0.6 is 0 Å². The molecule has 0 bridgehead atoms. The van der Waals surface area contributed by atoms with Crippen molar-refractivity contribution in [2.24, 2.45) is 5.92 Å². The first-order valence-corrected chi connectivity index (χ1v) is 19.2. The van der Waals surface area contributed by atoms with Crippen LogP contribution in [-0.4, -0.2) is 109 Å². The molecule has 6 rings (SSSR count). The molecule has 2 aliphatic rings. The third-order valence-corrected chi connectivity index (χ3v) is 10.5. The molecule has 2 aromatic carbocycles. The number of aromatic nitrogens is 3. The zero-order chi connectivity index (χ0) is 41.5. The molecule has 0 unspecified atom stereocenters. The fourth-order valence-electron chi connectivity index (χ4n) is 7.99. The SMILES string of the molecule is CC[C@H](NC(=O)OC(C)(C)C)C(=O)N1C[C@@H](F)C[C@H]1Cc1c(-c2nc3cc(F)ccc3n2C[C@@H]2C[C@H](F)CN2C(=O)[C@@H](NC(=O)O)C(C)C)[nH]c2cc(F)ccc12. The largest absolute Gasteiger partial charge is 0.465 e. The third-order valence-electron chi connectivity index (χ3n) is 10.5. The molecule has 4 amide bonds. The Hall–Kier alpha value is -5.35. The van der Waals surface area contributed by atoms with E-state index in [1.165, 1.54) is 40.1 Å². The summed E-state index contributed by atoms with van der Waals surface area (Å²) in [6, 6.07) is 4.49. The van der Waals surface area contributed by atoms with Crippen LogP contribution in [-0.2, 0) is 27.3 Å². The fraction of sp³-hybridized carbons (Fsp3) is 0.525. The maximum atomic E-state index is 15.3. The first-order valence-electron chi connectivity index (χ1n) is 19.2. The van der Waals surface area contributed by atoms with E-state index < -0.39 is 83.7 Å². The number of hydrogen-bond donors (Lipinski definition) is 4. The van der Waals surface area contributed by atoms with E-state index in [0.29, 0.717) is 27.7 Å². The highest BCUT2D eigenvalue weighted by atomic mass is 19.1. The number of nitrogens with zero attached hydrogens (tertiary/aromatic N) is 4. The number of alkyl carbamates (subject to hydrolysis) is 1. The van der Waals surface area contributed by atoms with Gasteiger partial charge in [0.25, 0.3) is 0 Å². The zero-order valence-electron chi connectivity index (χ0n) is 32.7. The van der Waals surface area contributed by atoms with E-state index in [4.69, 9.17) is 9.72 Å². The number of carbonyl (C=O) groups is 4. The van der Waals surface area contributed by atoms with E-state index in [1.807, 2.05) is 0 Å². The lowest BCUT2D eigenvalue weighted by molar-refractivity contribution is -0.136. The van der Waals surface area contributed by atoms with Crippen molar-refractivity contribution in [3.8, 4) is 11.5 Å². The molecule has 308 valence electrons. The van der Waals surface area contributed by atoms with Crippen molar-refractivity contribution in [1.29, 1.82) is 0 Å². The molecule has 0 saturated carbocycles. The molecule has 2 saturated heterocycles. The van der Waals surface area contributed by atoms with E-state index in [-0.39, 0.29) is 56.7 Å². The van der Waals surface area contributed by atoms with Crippen LogP contribution < -0.4 is 10.6 Å². The number of carbonyl (C=O) groups excluding carboxylic acids is 3. The van der Waals surface area contributed by atoms with Gasteiger partial charge in [-0.3, -0.25) is 9.59 Å². The number of hydrogen-bond acceptors (Lipinski definition) is 6. The van der Waals surface area contributed by atoms with Gasteiger partial charge in [0.1, 0.15) is 41.7 Å². The molecule has 4 heterocycles. The average Bonchev–Trinajstić information content (AvgIpc) is 3.87. The quantitative estimate of drug-likeness (QED) is 0.126. The van der Waals surface area contributed by atoms with Gasteiger partial charge < -0.3 is 39.8 Å². The lowest BCUT2D eigenvalue weighted by Crippen LogP contribution is -2.53. The second-order valence-corrected chi connectivity index (χ2v) is 16.3. The maximum Gasteiger partial charge on any atom is 0.408 e. The number of ether oxygens (including phenoxy) is 1. The summed E-state index contributed by atoms with van der Waals surface area (Å²) in [5, 5.41) is 14.9. The molecule has 13 nitrogen and oxygen atoms in total. The number of amides is 4. The van der Waals surface area contributed by atoms with Gasteiger partial charge in [-0.1, -0.05) is 20.8 Å². The van der Waals surface area contributed by atoms with Gasteiger partial charge in [-0.05, 0) is 75.4 Å². The molecule has 4 aromatic rings. The maximum absolute atomic E-state index is 15.3. The Labute approximate surface area is 327 Å². The number of imidazole rings is 1. The number of fused-ring (bicyclic) bond motifs is 2. The van der Waals surface area contributed by atoms with Crippen LogP contribution in [0.25, 0.3) is 33.5 Å². The lowest BCUT2D eigenvalue weighted by Gasteiger charge is -2.31. The van der Waals surface area contributed by atoms with Gasteiger partial charge in [0.2, 0.25) is 11.8 Å². The van der Waals surface area contributed by atoms with Crippen LogP contribution in [0.5, 0.6) is 0 Å². The highest BCUT2D eigenvalue weighted by molar-refractivity contribution is 5.92. The van der Waals surface area contributed by atoms with Crippen molar-refractivity contribution >= 4 is 45.9 Å². The van der Waals surface area contributed by atoms with Crippen LogP contribution in [0.3, 0.4) is 0 Å². The van der Waals surface area contributed by atoms with Crippen molar-refractivity contribution in [3.63, 3.8) is 0 Å². The third kappa shape index (κ3) is 8.96. The molecule has 6 atom stereocenters. The van der Waals surface area contributed by atoms with E-state index in [1.54, 1.807) is 52.2 Å². The summed E-state index contributed by atoms with van der Waals surface area (Å²) in [5.74, 6) is -2.39. The monoisotopic (exact) mass is 799 g/mol. The molecule has 0 radical (unpaired) electrons. The number of halogens is 4. The number of nitrogens with one attached hydrogen (secondary N) is 3. The Morgan fingerprint density at radius 1 is 0.947 bits per heavy atom. The number of alkyl halides is 2. The molecule has 17 heteroatoms. The second-order valence-electron chi connectivity index (χ2n) is 16.3. The molecular weight excluding hydrogens is 750 g/mol. The van der Waals surface area contributed by atoms with E-state index in [2.05, 4.69) is 15.6 Å². The number of rotatable bonds is 11. The average molecular weight is 800 g/mol. The number of H-pyrrole nitrogens is 1. The Bertz CT molecular complexity index is 2170. The standard InChI is InChI=1S/C40H49F4N7O6/c1-7-29(47-39(56)57-40(4,5)6)36(52)49-17-23(43)12-25(49)16-28-27-10-8-21(41)14-30(27)45-34(28)35-46-31-15-22(42)9-11-32(31)51(35)19-26-13-24(44)18-50(26)37(53)33(20(2)3)48-38(54)55/h8-11,14-15,20,23-26,29,33,45,48H,7,12-13,16-19H2,1-6H3,(H,47,56)(H,54,55)/t23-,24-,25-,26-,29-,33-/m0/s1. The molecule has 4 N–H and O–H groups in total. The second kappa shape index (κ2) is 16.3. The topological polar surface area (TPSA) is 162 Å². The van der Waals surface area contributed by atoms with Crippen LogP contribution in [0, 0.1) is 17.6 Å². The van der Waals surface area contributed by atoms with E-state index in [9.17, 15) is 33.1 Å². The van der Waals surface area contributed by atoms with Crippen LogP contribution in [0.15, 0.2) is 36.4 Å². The minimum Gasteiger partial charge on any atom is -0.465 e. The van der Waals surface area contributed by atoms with Crippen LogP contribution in [0.2, 0.25) is 0 Å². The first-order chi connectivity index (χ1) is 26.8. The Kier molecular flexibility index (Phi) is 11.8. The van der Waals surface area contributed by atoms with Crippen LogP contribution in [0.4, 0.5) is 27.2 Å². The van der Waals surface area contributed by atoms with E-state index in [0.717, 1.165) is 0 Å². The summed E-state index contributed by atoms with van der Waals surface area (Å²) < 4.78 is 67.0. The lowest BCUT2D eigenvalue weighted by atomic mass is 9.99. The summed E-state index contributed by atoms with van der Waals surface area (Å²) in [7, 11) is 0. The summed E-state index contributed by atoms with van der Waals surface area (Å²) in [5.41, 5.74) is 1.16. The minimum absolute atomic E-state index is 0.0258. The fourth-order valence-corrected chi connectivity index (χ4v) is 7.99. The summed E-state index contributed by atoms with van der Waals surface area (Å²) in [6.07, 6.45) is -4.77. The van der Waals surface area contributed by atoms with E-state index >= 15 is 8.78 Å². The normalized spacial score (nSPS) is 21.0. The van der Waals surface area contributed by atoms with Crippen molar-refractivity contribution < 1.29 is 46.6 Å². The summed E-state index contributed by atoms with van der Waals surface area (Å²) in [6.45, 7) is 9.64. The van der Waals surface area contributed by atoms with Crippen molar-refractivity contribution in [3.05, 3.63) is 53.6 Å². The van der Waals surface area contributed by atoms with Gasteiger partial charge in [-0.15, -0.1) is 0 Å². The molecular formula is C40H49F4N7O6. The molecule has 2 aliphatic heterocycles. The molecule has 57 heavy (non-hydrogen) atoms. The van der Waals surface area contributed by atoms with Gasteiger partial charge in [0.05, 0.1) is 35.9 Å². The predicted octanol–water partition coefficient (Wildman–Crippen LogP) is 6.48. The van der Waals surface area contributed by atoms with Gasteiger partial charge in [-0.2, -0.15) is 0 Å². The number of benzene rings is 2. The number of aromatic amines is 1. The van der Waals surface area contributed by atoms with Crippen LogP contribution in [0.1, 0.15) is 66.4 Å². The number of likely N-dealkylation sites (tertiary alicyclic amines) is 2. The van der Waals surface area contributed by atoms with Gasteiger partial charge in [-0.25, -0.2) is 32.1 Å². The molecule has 0 spiro atoms. The minimum atomic E-state index is -1.41. The Morgan fingerprint density at radius 2 is 1.58 bits per heavy atom. The summed E-state index contributed by atoms with van der Waals surface area (Å²) in [4.78, 5) is 62.8. The van der Waals surface area contributed by atoms with Crippen molar-refractivity contribution in [1.82, 2.24) is 35.0 Å². The van der Waals surface area contributed by atoms with Gasteiger partial charge in [0.15, 0.2) is 5.82 Å². The van der Waals surface area contributed by atoms with Crippen molar-refractivity contribution in [2.45, 2.75) is 116 Å². The summed E-state index contributed by atoms with van der Waals surface area (Å²) >= 11 is 0. The first kappa shape index (κ1) is 41.3. The highest BCUT2D eigenvalue weighted by Gasteiger charge is 2.42. The van der Waals surface area contributed by atoms with Gasteiger partial charge >= 0.3 is 12.2 Å². The number of carboxylic acid groups (broad SMARTS) is 1. The molecule has 2 aromatic heterocycles. The smallest absolute Gasteiger partial charge is 0.408 e. The zero-order valence-corrected chi connectivity index (χ0v) is 32.7. The van der Waals surface area contributed by atoms with Crippen molar-refractivity contribution in [2.75, 3.05) is 13.1 Å².